The van der Waals surface area contributed by atoms with Gasteiger partial charge in [-0.3, -0.25) is 4.90 Å². The molecule has 0 spiro atoms. The molecule has 20 heavy (non-hydrogen) atoms. The van der Waals surface area contributed by atoms with E-state index in [1.807, 2.05) is 6.92 Å². The zero-order chi connectivity index (χ0) is 14.1. The molecule has 3 rings (SSSR count). The zero-order valence-corrected chi connectivity index (χ0v) is 11.8. The minimum Gasteiger partial charge on any atom is -0.478 e. The van der Waals surface area contributed by atoms with Gasteiger partial charge in [0.15, 0.2) is 0 Å². The van der Waals surface area contributed by atoms with Crippen LogP contribution in [0.4, 0.5) is 5.82 Å². The second-order valence-electron chi connectivity index (χ2n) is 5.68. The third-order valence-corrected chi connectivity index (χ3v) is 4.43. The predicted octanol–water partition coefficient (Wildman–Crippen LogP) is 1.99. The summed E-state index contributed by atoms with van der Waals surface area (Å²) in [6.45, 7) is 4.33. The Morgan fingerprint density at radius 3 is 3.05 bits per heavy atom. The average molecular weight is 275 g/mol. The lowest BCUT2D eigenvalue weighted by Gasteiger charge is -2.22. The molecule has 0 aliphatic carbocycles. The van der Waals surface area contributed by atoms with Gasteiger partial charge in [0.05, 0.1) is 5.56 Å². The van der Waals surface area contributed by atoms with E-state index in [-0.39, 0.29) is 0 Å². The van der Waals surface area contributed by atoms with Crippen molar-refractivity contribution < 1.29 is 9.90 Å². The molecule has 2 aliphatic rings. The molecule has 2 atom stereocenters. The quantitative estimate of drug-likeness (QED) is 0.879. The highest BCUT2D eigenvalue weighted by atomic mass is 16.4. The van der Waals surface area contributed by atoms with E-state index in [1.165, 1.54) is 19.4 Å². The molecule has 3 heterocycles. The van der Waals surface area contributed by atoms with Crippen LogP contribution in [0, 0.1) is 0 Å². The van der Waals surface area contributed by atoms with E-state index in [9.17, 15) is 9.90 Å². The summed E-state index contributed by atoms with van der Waals surface area (Å²) in [6, 6.07) is 4.30. The van der Waals surface area contributed by atoms with Crippen LogP contribution in [-0.4, -0.2) is 46.1 Å². The van der Waals surface area contributed by atoms with Gasteiger partial charge in [0, 0.05) is 24.3 Å². The summed E-state index contributed by atoms with van der Waals surface area (Å²) in [5.74, 6) is -0.181. The maximum atomic E-state index is 11.2. The molecule has 1 aromatic heterocycles. The fourth-order valence-electron chi connectivity index (χ4n) is 3.41. The number of nitrogens with zero attached hydrogens (tertiary/aromatic N) is 2. The maximum Gasteiger partial charge on any atom is 0.335 e. The van der Waals surface area contributed by atoms with Crippen molar-refractivity contribution in [3.8, 4) is 0 Å². The van der Waals surface area contributed by atoms with Crippen molar-refractivity contribution in [3.05, 3.63) is 23.4 Å². The van der Waals surface area contributed by atoms with E-state index in [0.717, 1.165) is 25.1 Å². The lowest BCUT2D eigenvalue weighted by atomic mass is 10.1. The maximum absolute atomic E-state index is 11.2. The van der Waals surface area contributed by atoms with Gasteiger partial charge in [-0.1, -0.05) is 6.92 Å². The molecular weight excluding hydrogens is 254 g/mol. The highest BCUT2D eigenvalue weighted by Gasteiger charge is 2.37. The number of aryl methyl sites for hydroxylation is 1. The number of anilines is 1. The van der Waals surface area contributed by atoms with Crippen LogP contribution in [0.2, 0.25) is 0 Å². The Morgan fingerprint density at radius 2 is 2.30 bits per heavy atom. The van der Waals surface area contributed by atoms with Crippen LogP contribution in [-0.2, 0) is 6.42 Å². The third-order valence-electron chi connectivity index (χ3n) is 4.43. The lowest BCUT2D eigenvalue weighted by Crippen LogP contribution is -2.34. The summed E-state index contributed by atoms with van der Waals surface area (Å²) in [5, 5.41) is 12.6. The Bertz CT molecular complexity index is 518. The second-order valence-corrected chi connectivity index (χ2v) is 5.68. The van der Waals surface area contributed by atoms with E-state index >= 15 is 0 Å². The summed E-state index contributed by atoms with van der Waals surface area (Å²) >= 11 is 0. The highest BCUT2D eigenvalue weighted by Crippen LogP contribution is 2.30. The van der Waals surface area contributed by atoms with Gasteiger partial charge in [0.2, 0.25) is 0 Å². The van der Waals surface area contributed by atoms with Gasteiger partial charge < -0.3 is 10.4 Å². The molecular formula is C15H21N3O2. The average Bonchev–Trinajstić information content (AvgIpc) is 3.03. The molecule has 0 amide bonds. The fourth-order valence-corrected chi connectivity index (χ4v) is 3.41. The highest BCUT2D eigenvalue weighted by molar-refractivity contribution is 5.88. The molecule has 0 aromatic carbocycles. The first-order chi connectivity index (χ1) is 9.67. The van der Waals surface area contributed by atoms with E-state index in [4.69, 9.17) is 0 Å². The number of carboxylic acid groups (broad SMARTS) is 1. The van der Waals surface area contributed by atoms with Crippen LogP contribution in [0.3, 0.4) is 0 Å². The molecule has 1 aromatic rings. The molecule has 2 fully saturated rings. The number of fused-ring (bicyclic) bond motifs is 1. The van der Waals surface area contributed by atoms with Crippen molar-refractivity contribution in [1.29, 1.82) is 0 Å². The fraction of sp³-hybridized carbons (Fsp3) is 0.600. The van der Waals surface area contributed by atoms with Crippen molar-refractivity contribution in [2.75, 3.05) is 18.4 Å². The first kappa shape index (κ1) is 13.4. The standard InChI is InChI=1S/C15H21N3O2/c1-2-11-8-10(15(19)20)9-14(16-11)17-12-5-7-18-6-3-4-13(12)18/h8-9,12-13H,2-7H2,1H3,(H,16,17)(H,19,20). The number of hydrogen-bond acceptors (Lipinski definition) is 4. The Morgan fingerprint density at radius 1 is 1.45 bits per heavy atom. The molecule has 2 unspecified atom stereocenters. The van der Waals surface area contributed by atoms with Gasteiger partial charge >= 0.3 is 5.97 Å². The number of aromatic carboxylic acids is 1. The van der Waals surface area contributed by atoms with Gasteiger partial charge in [-0.25, -0.2) is 9.78 Å². The number of pyridine rings is 1. The van der Waals surface area contributed by atoms with E-state index < -0.39 is 5.97 Å². The molecule has 0 bridgehead atoms. The number of aromatic nitrogens is 1. The van der Waals surface area contributed by atoms with Crippen LogP contribution in [0.1, 0.15) is 42.2 Å². The van der Waals surface area contributed by atoms with Crippen LogP contribution in [0.5, 0.6) is 0 Å². The Hall–Kier alpha value is -1.62. The number of hydrogen-bond donors (Lipinski definition) is 2. The molecule has 0 radical (unpaired) electrons. The van der Waals surface area contributed by atoms with E-state index in [1.54, 1.807) is 12.1 Å². The number of nitrogens with one attached hydrogen (secondary N) is 1. The normalized spacial score (nSPS) is 25.6. The minimum atomic E-state index is -0.890. The van der Waals surface area contributed by atoms with Gasteiger partial charge in [0.25, 0.3) is 0 Å². The van der Waals surface area contributed by atoms with E-state index in [2.05, 4.69) is 15.2 Å². The molecule has 2 aliphatic heterocycles. The third kappa shape index (κ3) is 2.50. The molecule has 5 heteroatoms. The van der Waals surface area contributed by atoms with Gasteiger partial charge in [0.1, 0.15) is 5.82 Å². The van der Waals surface area contributed by atoms with E-state index in [0.29, 0.717) is 23.5 Å². The zero-order valence-electron chi connectivity index (χ0n) is 11.8. The SMILES string of the molecule is CCc1cc(C(=O)O)cc(NC2CCN3CCCC23)n1. The second kappa shape index (κ2) is 5.40. The number of carbonyl (C=O) groups is 1. The molecule has 108 valence electrons. The largest absolute Gasteiger partial charge is 0.478 e. The van der Waals surface area contributed by atoms with Gasteiger partial charge in [-0.15, -0.1) is 0 Å². The predicted molar refractivity (Wildman–Crippen MR) is 77.2 cm³/mol. The molecule has 2 N–H and O–H groups in total. The van der Waals surface area contributed by atoms with Crippen molar-refractivity contribution in [1.82, 2.24) is 9.88 Å². The molecule has 5 nitrogen and oxygen atoms in total. The smallest absolute Gasteiger partial charge is 0.335 e. The Kier molecular flexibility index (Phi) is 3.61. The van der Waals surface area contributed by atoms with Crippen LogP contribution >= 0.6 is 0 Å². The van der Waals surface area contributed by atoms with Crippen molar-refractivity contribution in [3.63, 3.8) is 0 Å². The Labute approximate surface area is 119 Å². The summed E-state index contributed by atoms with van der Waals surface area (Å²) in [4.78, 5) is 18.2. The first-order valence-electron chi connectivity index (χ1n) is 7.42. The summed E-state index contributed by atoms with van der Waals surface area (Å²) in [6.07, 6.45) is 4.36. The van der Waals surface area contributed by atoms with Crippen LogP contribution in [0.15, 0.2) is 12.1 Å². The van der Waals surface area contributed by atoms with Gasteiger partial charge in [-0.05, 0) is 44.4 Å². The molecule has 0 saturated carbocycles. The minimum absolute atomic E-state index is 0.320. The number of carboxylic acids is 1. The van der Waals surface area contributed by atoms with Crippen LogP contribution < -0.4 is 5.32 Å². The van der Waals surface area contributed by atoms with Crippen molar-refractivity contribution in [2.45, 2.75) is 44.7 Å². The summed E-state index contributed by atoms with van der Waals surface area (Å²) < 4.78 is 0. The topological polar surface area (TPSA) is 65.5 Å². The summed E-state index contributed by atoms with van der Waals surface area (Å²) in [7, 11) is 0. The summed E-state index contributed by atoms with van der Waals surface area (Å²) in [5.41, 5.74) is 1.15. The lowest BCUT2D eigenvalue weighted by molar-refractivity contribution is 0.0696. The van der Waals surface area contributed by atoms with Crippen molar-refractivity contribution >= 4 is 11.8 Å². The Balaban J connectivity index is 1.79. The number of rotatable bonds is 4. The van der Waals surface area contributed by atoms with Crippen molar-refractivity contribution in [2.24, 2.45) is 0 Å². The van der Waals surface area contributed by atoms with Gasteiger partial charge in [-0.2, -0.15) is 0 Å². The monoisotopic (exact) mass is 275 g/mol. The van der Waals surface area contributed by atoms with Crippen LogP contribution in [0.25, 0.3) is 0 Å². The first-order valence-corrected chi connectivity index (χ1v) is 7.42. The molecule has 2 saturated heterocycles.